The summed E-state index contributed by atoms with van der Waals surface area (Å²) in [5.41, 5.74) is 4.40. The Morgan fingerprint density at radius 3 is 2.75 bits per heavy atom. The monoisotopic (exact) mass is 488 g/mol. The molecule has 1 fully saturated rings. The molecule has 0 aromatic carbocycles. The summed E-state index contributed by atoms with van der Waals surface area (Å²) in [5.74, 6) is 1.95. The number of aliphatic hydroxyl groups excluding tert-OH is 1. The fourth-order valence-electron chi connectivity index (χ4n) is 4.88. The molecule has 4 rings (SSSR count). The summed E-state index contributed by atoms with van der Waals surface area (Å²) < 4.78 is 1.63. The molecule has 36 heavy (non-hydrogen) atoms. The van der Waals surface area contributed by atoms with Gasteiger partial charge in [-0.05, 0) is 68.6 Å². The van der Waals surface area contributed by atoms with Gasteiger partial charge in [0.2, 0.25) is 0 Å². The van der Waals surface area contributed by atoms with E-state index < -0.39 is 0 Å². The maximum absolute atomic E-state index is 13.2. The molecule has 2 aromatic heterocycles. The fraction of sp³-hybridized carbons (Fsp3) is 0.467. The van der Waals surface area contributed by atoms with E-state index in [0.29, 0.717) is 34.4 Å². The molecule has 2 aromatic rings. The van der Waals surface area contributed by atoms with E-state index in [9.17, 15) is 9.90 Å². The van der Waals surface area contributed by atoms with E-state index >= 15 is 0 Å². The quantitative estimate of drug-likeness (QED) is 0.519. The molecule has 1 N–H and O–H groups in total. The predicted octanol–water partition coefficient (Wildman–Crippen LogP) is 6.52. The van der Waals surface area contributed by atoms with Gasteiger partial charge in [-0.3, -0.25) is 9.20 Å². The van der Waals surface area contributed by atoms with Crippen molar-refractivity contribution in [1.29, 1.82) is 0 Å². The molecule has 6 nitrogen and oxygen atoms in total. The number of hydrogen-bond acceptors (Lipinski definition) is 5. The van der Waals surface area contributed by atoms with Gasteiger partial charge in [0.15, 0.2) is 0 Å². The maximum Gasteiger partial charge on any atom is 0.258 e. The number of aliphatic hydroxyl groups is 1. The van der Waals surface area contributed by atoms with Gasteiger partial charge >= 0.3 is 0 Å². The van der Waals surface area contributed by atoms with Gasteiger partial charge < -0.3 is 14.9 Å². The van der Waals surface area contributed by atoms with Crippen LogP contribution in [-0.2, 0) is 0 Å². The van der Waals surface area contributed by atoms with E-state index in [4.69, 9.17) is 4.98 Å². The lowest BCUT2D eigenvalue weighted by molar-refractivity contribution is 0.322. The number of aromatic nitrogens is 2. The highest BCUT2D eigenvalue weighted by Crippen LogP contribution is 2.29. The van der Waals surface area contributed by atoms with E-state index in [-0.39, 0.29) is 11.3 Å². The summed E-state index contributed by atoms with van der Waals surface area (Å²) in [6.45, 7) is 17.1. The van der Waals surface area contributed by atoms with Gasteiger partial charge in [-0.1, -0.05) is 39.8 Å². The van der Waals surface area contributed by atoms with Crippen molar-refractivity contribution in [3.8, 4) is 0 Å². The Hall–Kier alpha value is -3.28. The van der Waals surface area contributed by atoms with Crippen molar-refractivity contribution < 1.29 is 5.11 Å². The third-order valence-corrected chi connectivity index (χ3v) is 8.13. The average Bonchev–Trinajstić information content (AvgIpc) is 2.86. The molecule has 0 amide bonds. The summed E-state index contributed by atoms with van der Waals surface area (Å²) >= 11 is 0. The molecule has 0 aliphatic carbocycles. The largest absolute Gasteiger partial charge is 0.506 e. The van der Waals surface area contributed by atoms with Gasteiger partial charge in [-0.15, -0.1) is 0 Å². The van der Waals surface area contributed by atoms with Crippen LogP contribution in [0, 0.1) is 17.8 Å². The Morgan fingerprint density at radius 1 is 1.25 bits per heavy atom. The summed E-state index contributed by atoms with van der Waals surface area (Å²) in [7, 11) is 0. The number of hydrogen-bond donors (Lipinski definition) is 1. The molecule has 0 radical (unpaired) electrons. The lowest BCUT2D eigenvalue weighted by Crippen LogP contribution is -2.31. The van der Waals surface area contributed by atoms with Crippen molar-refractivity contribution >= 4 is 16.9 Å². The SMILES string of the molecule is C=C1C(O)=CC(c2cc(=O)n3cc(N4CCCC(C)C(C)CC4)ccc3n2)=CN1/C=C(/C)C(C)CC. The molecule has 3 unspecified atom stereocenters. The molecule has 2 aliphatic rings. The Kier molecular flexibility index (Phi) is 7.72. The number of nitrogens with zero attached hydrogens (tertiary/aromatic N) is 4. The van der Waals surface area contributed by atoms with Gasteiger partial charge in [-0.2, -0.15) is 0 Å². The summed E-state index contributed by atoms with van der Waals surface area (Å²) in [5, 5.41) is 10.6. The van der Waals surface area contributed by atoms with E-state index in [2.05, 4.69) is 52.2 Å². The molecule has 0 saturated carbocycles. The number of fused-ring (bicyclic) bond motifs is 1. The molecule has 1 saturated heterocycles. The first-order valence-corrected chi connectivity index (χ1v) is 13.2. The number of allylic oxidation sites excluding steroid dienone is 3. The zero-order valence-electron chi connectivity index (χ0n) is 22.4. The second kappa shape index (κ2) is 10.8. The Labute approximate surface area is 215 Å². The summed E-state index contributed by atoms with van der Waals surface area (Å²) in [4.78, 5) is 22.2. The van der Waals surface area contributed by atoms with Crippen molar-refractivity contribution in [3.05, 3.63) is 82.5 Å². The third-order valence-electron chi connectivity index (χ3n) is 8.13. The molecular formula is C30H40N4O2. The highest BCUT2D eigenvalue weighted by Gasteiger charge is 2.20. The van der Waals surface area contributed by atoms with Gasteiger partial charge in [0, 0.05) is 43.3 Å². The zero-order valence-corrected chi connectivity index (χ0v) is 22.4. The fourth-order valence-corrected chi connectivity index (χ4v) is 4.88. The van der Waals surface area contributed by atoms with Gasteiger partial charge in [0.1, 0.15) is 11.4 Å². The number of pyridine rings is 1. The van der Waals surface area contributed by atoms with Crippen LogP contribution in [0.3, 0.4) is 0 Å². The number of rotatable bonds is 5. The van der Waals surface area contributed by atoms with Crippen LogP contribution in [0.5, 0.6) is 0 Å². The minimum absolute atomic E-state index is 0.0682. The van der Waals surface area contributed by atoms with Crippen LogP contribution in [0.15, 0.2) is 71.3 Å². The maximum atomic E-state index is 13.2. The molecule has 3 atom stereocenters. The smallest absolute Gasteiger partial charge is 0.258 e. The van der Waals surface area contributed by atoms with Crippen molar-refractivity contribution in [2.24, 2.45) is 17.8 Å². The van der Waals surface area contributed by atoms with Crippen molar-refractivity contribution in [3.63, 3.8) is 0 Å². The molecule has 0 spiro atoms. The van der Waals surface area contributed by atoms with Crippen LogP contribution >= 0.6 is 0 Å². The minimum Gasteiger partial charge on any atom is -0.506 e. The second-order valence-electron chi connectivity index (χ2n) is 10.6. The molecule has 4 heterocycles. The first-order chi connectivity index (χ1) is 17.2. The van der Waals surface area contributed by atoms with E-state index in [1.54, 1.807) is 16.5 Å². The predicted molar refractivity (Wildman–Crippen MR) is 149 cm³/mol. The number of anilines is 1. The molecule has 192 valence electrons. The molecule has 6 heteroatoms. The highest BCUT2D eigenvalue weighted by molar-refractivity contribution is 5.75. The Bertz CT molecular complexity index is 1290. The molecule has 2 aliphatic heterocycles. The van der Waals surface area contributed by atoms with Gasteiger partial charge in [-0.25, -0.2) is 4.98 Å². The minimum atomic E-state index is -0.137. The van der Waals surface area contributed by atoms with Crippen LogP contribution in [0.1, 0.15) is 66.0 Å². The first-order valence-electron chi connectivity index (χ1n) is 13.2. The van der Waals surface area contributed by atoms with Crippen LogP contribution in [0.4, 0.5) is 5.69 Å². The Balaban J connectivity index is 1.65. The second-order valence-corrected chi connectivity index (χ2v) is 10.6. The summed E-state index contributed by atoms with van der Waals surface area (Å²) in [6, 6.07) is 5.53. The van der Waals surface area contributed by atoms with Crippen molar-refractivity contribution in [2.75, 3.05) is 18.0 Å². The van der Waals surface area contributed by atoms with Crippen LogP contribution < -0.4 is 10.5 Å². The standard InChI is InChI=1S/C30H40N4O2/c1-7-20(2)23(5)17-33-18-25(15-28(35)24(33)6)27-16-30(36)34-19-26(10-11-29(34)31-27)32-13-8-9-21(3)22(4)12-14-32/h10-11,15-22,35H,6-9,12-14H2,1-5H3/b23-17-. The summed E-state index contributed by atoms with van der Waals surface area (Å²) in [6.07, 6.45) is 12.0. The van der Waals surface area contributed by atoms with Gasteiger partial charge in [0.25, 0.3) is 5.56 Å². The molecular weight excluding hydrogens is 448 g/mol. The third kappa shape index (κ3) is 5.43. The van der Waals surface area contributed by atoms with Crippen molar-refractivity contribution in [2.45, 2.75) is 60.3 Å². The van der Waals surface area contributed by atoms with Crippen LogP contribution in [0.2, 0.25) is 0 Å². The lowest BCUT2D eigenvalue weighted by atomic mass is 9.87. The molecule has 0 bridgehead atoms. The van der Waals surface area contributed by atoms with E-state index in [1.165, 1.54) is 12.0 Å². The van der Waals surface area contributed by atoms with Crippen LogP contribution in [0.25, 0.3) is 11.2 Å². The first kappa shape index (κ1) is 25.8. The lowest BCUT2D eigenvalue weighted by Gasteiger charge is -2.32. The van der Waals surface area contributed by atoms with Gasteiger partial charge in [0.05, 0.1) is 17.1 Å². The topological polar surface area (TPSA) is 61.1 Å². The zero-order chi connectivity index (χ0) is 26.0. The normalized spacial score (nSPS) is 22.7. The van der Waals surface area contributed by atoms with Crippen LogP contribution in [-0.4, -0.2) is 32.5 Å². The Morgan fingerprint density at radius 2 is 2.00 bits per heavy atom. The average molecular weight is 489 g/mol. The highest BCUT2D eigenvalue weighted by atomic mass is 16.3. The van der Waals surface area contributed by atoms with E-state index in [0.717, 1.165) is 44.0 Å². The van der Waals surface area contributed by atoms with Crippen molar-refractivity contribution in [1.82, 2.24) is 14.3 Å². The van der Waals surface area contributed by atoms with E-state index in [1.807, 2.05) is 29.6 Å².